The van der Waals surface area contributed by atoms with E-state index in [1.165, 1.54) is 0 Å². The Kier molecular flexibility index (Phi) is 4.82. The van der Waals surface area contributed by atoms with Gasteiger partial charge < -0.3 is 14.8 Å². The Balaban J connectivity index is 1.60. The zero-order valence-electron chi connectivity index (χ0n) is 13.0. The summed E-state index contributed by atoms with van der Waals surface area (Å²) in [6, 6.07) is 10.4. The predicted octanol–water partition coefficient (Wildman–Crippen LogP) is 1.55. The topological polar surface area (TPSA) is 61.2 Å². The van der Waals surface area contributed by atoms with E-state index in [0.29, 0.717) is 12.6 Å². The van der Waals surface area contributed by atoms with Gasteiger partial charge in [0, 0.05) is 25.4 Å². The van der Waals surface area contributed by atoms with Gasteiger partial charge in [0.05, 0.1) is 18.8 Å². The molecule has 1 aromatic heterocycles. The van der Waals surface area contributed by atoms with Crippen molar-refractivity contribution in [3.05, 3.63) is 42.5 Å². The lowest BCUT2D eigenvalue weighted by Gasteiger charge is -2.43. The fourth-order valence-corrected chi connectivity index (χ4v) is 2.88. The van der Waals surface area contributed by atoms with Crippen LogP contribution in [-0.2, 0) is 16.0 Å². The molecule has 0 aliphatic heterocycles. The molecule has 1 aliphatic carbocycles. The molecule has 2 aromatic rings. The van der Waals surface area contributed by atoms with Crippen molar-refractivity contribution >= 4 is 0 Å². The number of methoxy groups -OCH3 is 1. The van der Waals surface area contributed by atoms with Crippen LogP contribution < -0.4 is 5.32 Å². The number of aromatic nitrogens is 3. The maximum absolute atomic E-state index is 5.64. The van der Waals surface area contributed by atoms with E-state index in [1.54, 1.807) is 13.4 Å². The van der Waals surface area contributed by atoms with E-state index in [2.05, 4.69) is 15.5 Å². The minimum absolute atomic E-state index is 0.105. The fourth-order valence-electron chi connectivity index (χ4n) is 2.88. The Labute approximate surface area is 130 Å². The molecular weight excluding hydrogens is 280 g/mol. The Morgan fingerprint density at radius 2 is 2.14 bits per heavy atom. The van der Waals surface area contributed by atoms with Crippen LogP contribution in [0.3, 0.4) is 0 Å². The maximum atomic E-state index is 5.64. The number of para-hydroxylation sites is 1. The number of ether oxygens (including phenoxy) is 2. The van der Waals surface area contributed by atoms with E-state index in [9.17, 15) is 0 Å². The van der Waals surface area contributed by atoms with E-state index >= 15 is 0 Å². The third-order valence-corrected chi connectivity index (χ3v) is 4.08. The lowest BCUT2D eigenvalue weighted by atomic mass is 9.85. The zero-order chi connectivity index (χ0) is 15.4. The molecule has 3 atom stereocenters. The molecule has 1 aliphatic rings. The molecule has 0 spiro atoms. The number of nitrogens with zero attached hydrogens (tertiary/aromatic N) is 3. The lowest BCUT2D eigenvalue weighted by Crippen LogP contribution is -2.59. The SMILES string of the molecule is CCO[C@@H]1CC(NCc2nncn2-c2ccccc2)[C@H]1OC. The molecule has 1 fully saturated rings. The average Bonchev–Trinajstić information content (AvgIpc) is 3.00. The number of nitrogens with one attached hydrogen (secondary N) is 1. The summed E-state index contributed by atoms with van der Waals surface area (Å²) in [5.41, 5.74) is 1.06. The van der Waals surface area contributed by atoms with Gasteiger partial charge in [0.1, 0.15) is 6.33 Å². The van der Waals surface area contributed by atoms with Crippen LogP contribution in [0.1, 0.15) is 19.2 Å². The van der Waals surface area contributed by atoms with Gasteiger partial charge in [0.2, 0.25) is 0 Å². The van der Waals surface area contributed by atoms with Crippen LogP contribution in [0.2, 0.25) is 0 Å². The highest BCUT2D eigenvalue weighted by atomic mass is 16.5. The predicted molar refractivity (Wildman–Crippen MR) is 82.8 cm³/mol. The first-order chi connectivity index (χ1) is 10.8. The molecule has 118 valence electrons. The van der Waals surface area contributed by atoms with Gasteiger partial charge >= 0.3 is 0 Å². The molecule has 22 heavy (non-hydrogen) atoms. The van der Waals surface area contributed by atoms with E-state index in [4.69, 9.17) is 9.47 Å². The molecule has 1 saturated carbocycles. The highest BCUT2D eigenvalue weighted by Gasteiger charge is 2.41. The summed E-state index contributed by atoms with van der Waals surface area (Å²) in [6.45, 7) is 3.38. The second-order valence-corrected chi connectivity index (χ2v) is 5.37. The Hall–Kier alpha value is -1.76. The Morgan fingerprint density at radius 3 is 2.86 bits per heavy atom. The van der Waals surface area contributed by atoms with Gasteiger partial charge in [0.15, 0.2) is 5.82 Å². The molecule has 1 N–H and O–H groups in total. The van der Waals surface area contributed by atoms with Crippen molar-refractivity contribution in [2.45, 2.75) is 38.1 Å². The standard InChI is InChI=1S/C16H22N4O2/c1-3-22-14-9-13(16(14)21-2)17-10-15-19-18-11-20(15)12-7-5-4-6-8-12/h4-8,11,13-14,16-17H,3,9-10H2,1-2H3/t13?,14-,16-/m1/s1. The van der Waals surface area contributed by atoms with Gasteiger partial charge in [-0.3, -0.25) is 4.57 Å². The normalized spacial score (nSPS) is 24.2. The highest BCUT2D eigenvalue weighted by molar-refractivity contribution is 5.31. The lowest BCUT2D eigenvalue weighted by molar-refractivity contribution is -0.131. The molecule has 0 radical (unpaired) electrons. The minimum Gasteiger partial charge on any atom is -0.377 e. The molecule has 3 rings (SSSR count). The van der Waals surface area contributed by atoms with Gasteiger partial charge in [-0.25, -0.2) is 0 Å². The van der Waals surface area contributed by atoms with Gasteiger partial charge in [-0.05, 0) is 25.5 Å². The summed E-state index contributed by atoms with van der Waals surface area (Å²) in [5, 5.41) is 11.7. The first-order valence-electron chi connectivity index (χ1n) is 7.65. The molecular formula is C16H22N4O2. The smallest absolute Gasteiger partial charge is 0.151 e. The van der Waals surface area contributed by atoms with Crippen LogP contribution in [0, 0.1) is 0 Å². The Morgan fingerprint density at radius 1 is 1.32 bits per heavy atom. The molecule has 1 heterocycles. The second-order valence-electron chi connectivity index (χ2n) is 5.37. The van der Waals surface area contributed by atoms with Crippen LogP contribution in [0.4, 0.5) is 0 Å². The van der Waals surface area contributed by atoms with E-state index in [0.717, 1.165) is 24.5 Å². The van der Waals surface area contributed by atoms with Gasteiger partial charge in [-0.15, -0.1) is 10.2 Å². The summed E-state index contributed by atoms with van der Waals surface area (Å²) in [6.07, 6.45) is 3.00. The number of benzene rings is 1. The van der Waals surface area contributed by atoms with Crippen molar-refractivity contribution in [2.75, 3.05) is 13.7 Å². The molecule has 0 saturated heterocycles. The van der Waals surface area contributed by atoms with E-state index in [-0.39, 0.29) is 12.2 Å². The van der Waals surface area contributed by atoms with Gasteiger partial charge in [-0.2, -0.15) is 0 Å². The monoisotopic (exact) mass is 302 g/mol. The third kappa shape index (κ3) is 3.04. The van der Waals surface area contributed by atoms with E-state index < -0.39 is 0 Å². The molecule has 1 aromatic carbocycles. The van der Waals surface area contributed by atoms with E-state index in [1.807, 2.05) is 41.8 Å². The van der Waals surface area contributed by atoms with Crippen LogP contribution >= 0.6 is 0 Å². The van der Waals surface area contributed by atoms with Gasteiger partial charge in [-0.1, -0.05) is 18.2 Å². The summed E-state index contributed by atoms with van der Waals surface area (Å²) in [5.74, 6) is 0.890. The first kappa shape index (κ1) is 15.1. The number of hydrogen-bond donors (Lipinski definition) is 1. The molecule has 0 bridgehead atoms. The molecule has 1 unspecified atom stereocenters. The number of rotatable bonds is 7. The van der Waals surface area contributed by atoms with Crippen molar-refractivity contribution < 1.29 is 9.47 Å². The summed E-state index contributed by atoms with van der Waals surface area (Å²) in [7, 11) is 1.73. The molecule has 6 nitrogen and oxygen atoms in total. The van der Waals surface area contributed by atoms with Crippen molar-refractivity contribution in [1.29, 1.82) is 0 Å². The van der Waals surface area contributed by atoms with Crippen molar-refractivity contribution in [1.82, 2.24) is 20.1 Å². The van der Waals surface area contributed by atoms with Crippen LogP contribution in [0.5, 0.6) is 0 Å². The van der Waals surface area contributed by atoms with Crippen molar-refractivity contribution in [3.8, 4) is 5.69 Å². The Bertz CT molecular complexity index is 587. The van der Waals surface area contributed by atoms with Crippen LogP contribution in [0.25, 0.3) is 5.69 Å². The quantitative estimate of drug-likeness (QED) is 0.841. The molecule has 0 amide bonds. The first-order valence-corrected chi connectivity index (χ1v) is 7.65. The van der Waals surface area contributed by atoms with Crippen molar-refractivity contribution in [3.63, 3.8) is 0 Å². The summed E-state index contributed by atoms with van der Waals surface area (Å²) in [4.78, 5) is 0. The highest BCUT2D eigenvalue weighted by Crippen LogP contribution is 2.27. The van der Waals surface area contributed by atoms with Crippen LogP contribution in [0.15, 0.2) is 36.7 Å². The third-order valence-electron chi connectivity index (χ3n) is 4.08. The summed E-state index contributed by atoms with van der Waals surface area (Å²) < 4.78 is 13.2. The molecule has 6 heteroatoms. The second kappa shape index (κ2) is 7.00. The largest absolute Gasteiger partial charge is 0.377 e. The van der Waals surface area contributed by atoms with Gasteiger partial charge in [0.25, 0.3) is 0 Å². The van der Waals surface area contributed by atoms with Crippen molar-refractivity contribution in [2.24, 2.45) is 0 Å². The summed E-state index contributed by atoms with van der Waals surface area (Å²) >= 11 is 0. The van der Waals surface area contributed by atoms with Crippen LogP contribution in [-0.4, -0.2) is 46.7 Å². The minimum atomic E-state index is 0.105. The number of hydrogen-bond acceptors (Lipinski definition) is 5. The fraction of sp³-hybridized carbons (Fsp3) is 0.500. The maximum Gasteiger partial charge on any atom is 0.151 e. The zero-order valence-corrected chi connectivity index (χ0v) is 13.0. The average molecular weight is 302 g/mol.